The average molecular weight is 127 g/mol. The Morgan fingerprint density at radius 2 is 2.44 bits per heavy atom. The van der Waals surface area contributed by atoms with Crippen LogP contribution in [0, 0.1) is 0 Å². The predicted molar refractivity (Wildman–Crippen MR) is 37.4 cm³/mol. The number of aliphatic hydroxyl groups is 1. The predicted octanol–water partition coefficient (Wildman–Crippen LogP) is 1.20. The van der Waals surface area contributed by atoms with Crippen molar-refractivity contribution in [3.8, 4) is 0 Å². The van der Waals surface area contributed by atoms with Gasteiger partial charge in [-0.25, -0.2) is 0 Å². The molecule has 0 bridgehead atoms. The van der Waals surface area contributed by atoms with Crippen LogP contribution in [-0.4, -0.2) is 18.2 Å². The quantitative estimate of drug-likeness (QED) is 0.479. The van der Waals surface area contributed by atoms with E-state index in [4.69, 9.17) is 5.11 Å². The Labute approximate surface area is 55.6 Å². The molecule has 0 spiro atoms. The Morgan fingerprint density at radius 1 is 1.67 bits per heavy atom. The van der Waals surface area contributed by atoms with Gasteiger partial charge in [0.2, 0.25) is 0 Å². The van der Waals surface area contributed by atoms with Gasteiger partial charge in [-0.2, -0.15) is 0 Å². The van der Waals surface area contributed by atoms with Crippen molar-refractivity contribution < 1.29 is 5.11 Å². The van der Waals surface area contributed by atoms with Crippen LogP contribution in [0.1, 0.15) is 19.8 Å². The summed E-state index contributed by atoms with van der Waals surface area (Å²) in [7, 11) is 0. The molecule has 2 nitrogen and oxygen atoms in total. The van der Waals surface area contributed by atoms with Crippen LogP contribution in [0.25, 0.3) is 0 Å². The van der Waals surface area contributed by atoms with Crippen molar-refractivity contribution >= 4 is 0 Å². The molecule has 0 unspecified atom stereocenters. The van der Waals surface area contributed by atoms with Gasteiger partial charge >= 0.3 is 0 Å². The lowest BCUT2D eigenvalue weighted by molar-refractivity contribution is 0.395. The van der Waals surface area contributed by atoms with E-state index in [-0.39, 0.29) is 0 Å². The van der Waals surface area contributed by atoms with Gasteiger partial charge in [0.1, 0.15) is 0 Å². The van der Waals surface area contributed by atoms with Gasteiger partial charge in [0.05, 0.1) is 5.76 Å². The van der Waals surface area contributed by atoms with Crippen molar-refractivity contribution in [1.29, 1.82) is 0 Å². The smallest absolute Gasteiger partial charge is 0.0896 e. The summed E-state index contributed by atoms with van der Waals surface area (Å²) >= 11 is 0. The molecule has 1 saturated heterocycles. The number of allylic oxidation sites excluding steroid dienone is 1. The average Bonchev–Trinajstić information content (AvgIpc) is 1.90. The lowest BCUT2D eigenvalue weighted by Gasteiger charge is -2.15. The summed E-state index contributed by atoms with van der Waals surface area (Å²) < 4.78 is 0. The number of nitrogens with one attached hydrogen (secondary N) is 1. The number of hydrogen-bond acceptors (Lipinski definition) is 2. The van der Waals surface area contributed by atoms with E-state index in [0.29, 0.717) is 5.76 Å². The summed E-state index contributed by atoms with van der Waals surface area (Å²) in [6, 6.07) is 0. The maximum Gasteiger partial charge on any atom is 0.0896 e. The van der Waals surface area contributed by atoms with Gasteiger partial charge in [-0.1, -0.05) is 0 Å². The van der Waals surface area contributed by atoms with E-state index in [2.05, 4.69) is 5.32 Å². The largest absolute Gasteiger partial charge is 0.513 e. The molecule has 1 aliphatic rings. The normalized spacial score (nSPS) is 25.9. The maximum absolute atomic E-state index is 9.02. The van der Waals surface area contributed by atoms with E-state index in [1.165, 1.54) is 5.57 Å². The van der Waals surface area contributed by atoms with Gasteiger partial charge in [-0.3, -0.25) is 0 Å². The van der Waals surface area contributed by atoms with Crippen LogP contribution in [0.5, 0.6) is 0 Å². The zero-order chi connectivity index (χ0) is 6.69. The first kappa shape index (κ1) is 6.62. The molecule has 1 aliphatic heterocycles. The second kappa shape index (κ2) is 2.87. The van der Waals surface area contributed by atoms with E-state index in [1.54, 1.807) is 6.92 Å². The lowest BCUT2D eigenvalue weighted by Crippen LogP contribution is -2.24. The first-order chi connectivity index (χ1) is 4.30. The van der Waals surface area contributed by atoms with Crippen LogP contribution in [0.15, 0.2) is 11.3 Å². The molecule has 0 atom stereocenters. The van der Waals surface area contributed by atoms with E-state index >= 15 is 0 Å². The van der Waals surface area contributed by atoms with Crippen molar-refractivity contribution in [2.24, 2.45) is 0 Å². The minimum absolute atomic E-state index is 0.502. The van der Waals surface area contributed by atoms with Gasteiger partial charge in [0.15, 0.2) is 0 Å². The highest BCUT2D eigenvalue weighted by atomic mass is 16.3. The summed E-state index contributed by atoms with van der Waals surface area (Å²) in [5, 5.41) is 12.2. The molecule has 0 aromatic rings. The highest BCUT2D eigenvalue weighted by Crippen LogP contribution is 2.10. The van der Waals surface area contributed by atoms with Crippen molar-refractivity contribution in [3.63, 3.8) is 0 Å². The van der Waals surface area contributed by atoms with E-state index in [1.807, 2.05) is 0 Å². The topological polar surface area (TPSA) is 32.3 Å². The van der Waals surface area contributed by atoms with Gasteiger partial charge < -0.3 is 10.4 Å². The van der Waals surface area contributed by atoms with Crippen LogP contribution in [-0.2, 0) is 0 Å². The standard InChI is InChI=1S/C7H13NO/c1-6(9)7-3-2-4-8-5-7/h8-9H,2-5H2,1H3/b7-6+. The third-order valence-electron chi connectivity index (χ3n) is 1.68. The van der Waals surface area contributed by atoms with Crippen molar-refractivity contribution in [2.75, 3.05) is 13.1 Å². The molecule has 2 N–H and O–H groups in total. The zero-order valence-electron chi connectivity index (χ0n) is 5.78. The fourth-order valence-electron chi connectivity index (χ4n) is 1.06. The molecule has 2 heteroatoms. The summed E-state index contributed by atoms with van der Waals surface area (Å²) in [5.74, 6) is 0.502. The molecule has 1 fully saturated rings. The SMILES string of the molecule is C/C(O)=C1/CCCNC1. The van der Waals surface area contributed by atoms with E-state index in [9.17, 15) is 0 Å². The van der Waals surface area contributed by atoms with Gasteiger partial charge in [0, 0.05) is 6.54 Å². The third kappa shape index (κ3) is 1.72. The van der Waals surface area contributed by atoms with E-state index < -0.39 is 0 Å². The van der Waals surface area contributed by atoms with Crippen molar-refractivity contribution in [2.45, 2.75) is 19.8 Å². The van der Waals surface area contributed by atoms with Gasteiger partial charge in [0.25, 0.3) is 0 Å². The van der Waals surface area contributed by atoms with Crippen LogP contribution < -0.4 is 5.32 Å². The molecule has 9 heavy (non-hydrogen) atoms. The molecule has 0 saturated carbocycles. The highest BCUT2D eigenvalue weighted by Gasteiger charge is 2.05. The Balaban J connectivity index is 2.49. The Kier molecular flexibility index (Phi) is 2.11. The molecule has 0 aliphatic carbocycles. The maximum atomic E-state index is 9.02. The van der Waals surface area contributed by atoms with Gasteiger partial charge in [-0.05, 0) is 31.9 Å². The second-order valence-electron chi connectivity index (χ2n) is 2.47. The fraction of sp³-hybridized carbons (Fsp3) is 0.714. The minimum atomic E-state index is 0.502. The van der Waals surface area contributed by atoms with Crippen molar-refractivity contribution in [1.82, 2.24) is 5.32 Å². The Bertz CT molecular complexity index is 117. The fourth-order valence-corrected chi connectivity index (χ4v) is 1.06. The monoisotopic (exact) mass is 127 g/mol. The number of aliphatic hydroxyl groups excluding tert-OH is 1. The summed E-state index contributed by atoms with van der Waals surface area (Å²) in [6.45, 7) is 3.72. The molecule has 1 rings (SSSR count). The Hall–Kier alpha value is -0.500. The van der Waals surface area contributed by atoms with E-state index in [0.717, 1.165) is 25.9 Å². The molecule has 1 heterocycles. The first-order valence-corrected chi connectivity index (χ1v) is 3.39. The Morgan fingerprint density at radius 3 is 2.78 bits per heavy atom. The van der Waals surface area contributed by atoms with Crippen molar-refractivity contribution in [3.05, 3.63) is 11.3 Å². The van der Waals surface area contributed by atoms with Crippen LogP contribution in [0.2, 0.25) is 0 Å². The number of piperidine rings is 1. The number of hydrogen-bond donors (Lipinski definition) is 2. The third-order valence-corrected chi connectivity index (χ3v) is 1.68. The molecule has 0 radical (unpaired) electrons. The summed E-state index contributed by atoms with van der Waals surface area (Å²) in [6.07, 6.45) is 2.22. The zero-order valence-corrected chi connectivity index (χ0v) is 5.78. The number of rotatable bonds is 0. The molecule has 0 amide bonds. The summed E-state index contributed by atoms with van der Waals surface area (Å²) in [5.41, 5.74) is 1.17. The molecular formula is C7H13NO. The van der Waals surface area contributed by atoms with Crippen LogP contribution in [0.4, 0.5) is 0 Å². The van der Waals surface area contributed by atoms with Crippen LogP contribution in [0.3, 0.4) is 0 Å². The van der Waals surface area contributed by atoms with Crippen LogP contribution >= 0.6 is 0 Å². The lowest BCUT2D eigenvalue weighted by atomic mass is 10.1. The molecule has 52 valence electrons. The highest BCUT2D eigenvalue weighted by molar-refractivity contribution is 5.09. The second-order valence-corrected chi connectivity index (χ2v) is 2.47. The summed E-state index contributed by atoms with van der Waals surface area (Å²) in [4.78, 5) is 0. The molecular weight excluding hydrogens is 114 g/mol. The first-order valence-electron chi connectivity index (χ1n) is 3.39. The minimum Gasteiger partial charge on any atom is -0.513 e. The molecule has 0 aromatic heterocycles. The molecule has 0 aromatic carbocycles. The van der Waals surface area contributed by atoms with Gasteiger partial charge in [-0.15, -0.1) is 0 Å².